The Hall–Kier alpha value is 0.137. The molecule has 0 saturated heterocycles. The predicted octanol–water partition coefficient (Wildman–Crippen LogP) is 1.81. The second kappa shape index (κ2) is 5.89. The summed E-state index contributed by atoms with van der Waals surface area (Å²) in [6, 6.07) is 1.09. The van der Waals surface area contributed by atoms with Crippen LogP contribution in [0.3, 0.4) is 0 Å². The van der Waals surface area contributed by atoms with E-state index in [4.69, 9.17) is 8.85 Å². The minimum atomic E-state index is -0.935. The lowest BCUT2D eigenvalue weighted by Gasteiger charge is -2.12. The Morgan fingerprint density at radius 1 is 1.30 bits per heavy atom. The van der Waals surface area contributed by atoms with Gasteiger partial charge < -0.3 is 8.85 Å². The van der Waals surface area contributed by atoms with Gasteiger partial charge in [0.25, 0.3) is 0 Å². The fourth-order valence-corrected chi connectivity index (χ4v) is 2.04. The van der Waals surface area contributed by atoms with Crippen molar-refractivity contribution in [2.75, 3.05) is 14.2 Å². The maximum atomic E-state index is 5.15. The first kappa shape index (κ1) is 10.1. The van der Waals surface area contributed by atoms with E-state index in [2.05, 4.69) is 13.8 Å². The van der Waals surface area contributed by atoms with Gasteiger partial charge in [0.05, 0.1) is 0 Å². The van der Waals surface area contributed by atoms with Crippen LogP contribution in [-0.4, -0.2) is 23.5 Å². The second-order valence-electron chi connectivity index (χ2n) is 2.50. The third-order valence-electron chi connectivity index (χ3n) is 1.67. The van der Waals surface area contributed by atoms with Crippen molar-refractivity contribution in [3.8, 4) is 0 Å². The van der Waals surface area contributed by atoms with E-state index < -0.39 is 9.28 Å². The highest BCUT2D eigenvalue weighted by atomic mass is 28.3. The van der Waals surface area contributed by atoms with Crippen LogP contribution >= 0.6 is 0 Å². The average Bonchev–Trinajstić information content (AvgIpc) is 1.99. The van der Waals surface area contributed by atoms with Crippen molar-refractivity contribution in [2.45, 2.75) is 26.3 Å². The molecular formula is C7H17O2Si. The molecule has 0 amide bonds. The molecule has 0 heterocycles. The lowest BCUT2D eigenvalue weighted by atomic mass is 10.2. The van der Waals surface area contributed by atoms with E-state index in [1.807, 2.05) is 0 Å². The van der Waals surface area contributed by atoms with Crippen LogP contribution < -0.4 is 0 Å². The lowest BCUT2D eigenvalue weighted by Crippen LogP contribution is -2.21. The third kappa shape index (κ3) is 4.03. The summed E-state index contributed by atoms with van der Waals surface area (Å²) in [5, 5.41) is 0. The summed E-state index contributed by atoms with van der Waals surface area (Å²) in [7, 11) is 2.51. The Kier molecular flexibility index (Phi) is 5.97. The highest BCUT2D eigenvalue weighted by Crippen LogP contribution is 2.10. The molecule has 1 radical (unpaired) electrons. The molecule has 0 aromatic carbocycles. The summed E-state index contributed by atoms with van der Waals surface area (Å²) in [6.45, 7) is 4.41. The molecule has 1 unspecified atom stereocenters. The van der Waals surface area contributed by atoms with Crippen LogP contribution in [0.25, 0.3) is 0 Å². The number of hydrogen-bond donors (Lipinski definition) is 0. The third-order valence-corrected chi connectivity index (χ3v) is 3.61. The molecule has 0 rings (SSSR count). The molecule has 0 N–H and O–H groups in total. The molecule has 3 heteroatoms. The summed E-state index contributed by atoms with van der Waals surface area (Å²) < 4.78 is 10.3. The van der Waals surface area contributed by atoms with Gasteiger partial charge in [-0.3, -0.25) is 0 Å². The van der Waals surface area contributed by atoms with E-state index in [1.165, 1.54) is 6.42 Å². The fourth-order valence-electron chi connectivity index (χ4n) is 0.679. The summed E-state index contributed by atoms with van der Waals surface area (Å²) in [5.41, 5.74) is 0. The molecule has 0 aliphatic heterocycles. The molecule has 0 aliphatic carbocycles. The van der Waals surface area contributed by atoms with Gasteiger partial charge >= 0.3 is 9.28 Å². The van der Waals surface area contributed by atoms with Crippen molar-refractivity contribution in [1.29, 1.82) is 0 Å². The zero-order valence-corrected chi connectivity index (χ0v) is 8.31. The van der Waals surface area contributed by atoms with E-state index in [1.54, 1.807) is 14.2 Å². The summed E-state index contributed by atoms with van der Waals surface area (Å²) in [6.07, 6.45) is 1.21. The van der Waals surface area contributed by atoms with Crippen molar-refractivity contribution >= 4 is 9.28 Å². The molecule has 1 atom stereocenters. The van der Waals surface area contributed by atoms with E-state index in [-0.39, 0.29) is 0 Å². The van der Waals surface area contributed by atoms with Gasteiger partial charge in [-0.05, 0) is 12.0 Å². The first-order valence-electron chi connectivity index (χ1n) is 3.68. The van der Waals surface area contributed by atoms with Gasteiger partial charge in [0.1, 0.15) is 0 Å². The van der Waals surface area contributed by atoms with Crippen molar-refractivity contribution in [3.63, 3.8) is 0 Å². The second-order valence-corrected chi connectivity index (χ2v) is 4.47. The zero-order valence-electron chi connectivity index (χ0n) is 7.31. The summed E-state index contributed by atoms with van der Waals surface area (Å²) in [4.78, 5) is 0. The van der Waals surface area contributed by atoms with Crippen LogP contribution in [0.5, 0.6) is 0 Å². The van der Waals surface area contributed by atoms with Crippen LogP contribution in [0.4, 0.5) is 0 Å². The molecule has 10 heavy (non-hydrogen) atoms. The average molecular weight is 161 g/mol. The number of rotatable bonds is 5. The fraction of sp³-hybridized carbons (Fsp3) is 1.00. The minimum absolute atomic E-state index is 0.730. The molecule has 0 aromatic heterocycles. The van der Waals surface area contributed by atoms with E-state index in [0.29, 0.717) is 0 Å². The number of hydrogen-bond acceptors (Lipinski definition) is 2. The maximum Gasteiger partial charge on any atom is 0.384 e. The Balaban J connectivity index is 3.41. The van der Waals surface area contributed by atoms with Crippen molar-refractivity contribution in [1.82, 2.24) is 0 Å². The zero-order chi connectivity index (χ0) is 7.98. The van der Waals surface area contributed by atoms with E-state index in [0.717, 1.165) is 12.0 Å². The van der Waals surface area contributed by atoms with Gasteiger partial charge in [0.2, 0.25) is 0 Å². The Bertz CT molecular complexity index is 74.0. The molecule has 0 saturated carbocycles. The highest BCUT2D eigenvalue weighted by Gasteiger charge is 2.14. The quantitative estimate of drug-likeness (QED) is 0.573. The first-order chi connectivity index (χ1) is 4.74. The van der Waals surface area contributed by atoms with Gasteiger partial charge in [0.15, 0.2) is 0 Å². The molecule has 0 spiro atoms. The largest absolute Gasteiger partial charge is 0.397 e. The summed E-state index contributed by atoms with van der Waals surface area (Å²) >= 11 is 0. The molecule has 0 bridgehead atoms. The monoisotopic (exact) mass is 161 g/mol. The lowest BCUT2D eigenvalue weighted by molar-refractivity contribution is 0.270. The Morgan fingerprint density at radius 2 is 1.80 bits per heavy atom. The predicted molar refractivity (Wildman–Crippen MR) is 44.0 cm³/mol. The van der Waals surface area contributed by atoms with Crippen LogP contribution in [0.1, 0.15) is 20.3 Å². The molecule has 0 aliphatic rings. The van der Waals surface area contributed by atoms with Crippen LogP contribution in [0.2, 0.25) is 6.04 Å². The Morgan fingerprint density at radius 3 is 2.10 bits per heavy atom. The van der Waals surface area contributed by atoms with Gasteiger partial charge in [-0.25, -0.2) is 0 Å². The molecule has 2 nitrogen and oxygen atoms in total. The van der Waals surface area contributed by atoms with E-state index >= 15 is 0 Å². The van der Waals surface area contributed by atoms with Gasteiger partial charge in [-0.1, -0.05) is 20.3 Å². The molecule has 61 valence electrons. The van der Waals surface area contributed by atoms with E-state index in [9.17, 15) is 0 Å². The van der Waals surface area contributed by atoms with Gasteiger partial charge in [0, 0.05) is 14.2 Å². The maximum absolute atomic E-state index is 5.15. The molecule has 0 fully saturated rings. The summed E-state index contributed by atoms with van der Waals surface area (Å²) in [5.74, 6) is 0.730. The SMILES string of the molecule is CCC(C)C[Si](OC)OC. The van der Waals surface area contributed by atoms with Gasteiger partial charge in [-0.15, -0.1) is 0 Å². The minimum Gasteiger partial charge on any atom is -0.397 e. The smallest absolute Gasteiger partial charge is 0.384 e. The highest BCUT2D eigenvalue weighted by molar-refractivity contribution is 6.44. The van der Waals surface area contributed by atoms with Crippen LogP contribution in [0.15, 0.2) is 0 Å². The van der Waals surface area contributed by atoms with Crippen molar-refractivity contribution < 1.29 is 8.85 Å². The normalized spacial score (nSPS) is 14.1. The molecule has 0 aromatic rings. The van der Waals surface area contributed by atoms with Crippen LogP contribution in [-0.2, 0) is 8.85 Å². The topological polar surface area (TPSA) is 18.5 Å². The van der Waals surface area contributed by atoms with Gasteiger partial charge in [-0.2, -0.15) is 0 Å². The first-order valence-corrected chi connectivity index (χ1v) is 5.20. The van der Waals surface area contributed by atoms with Crippen LogP contribution in [0, 0.1) is 5.92 Å². The van der Waals surface area contributed by atoms with Crippen molar-refractivity contribution in [3.05, 3.63) is 0 Å². The molecular weight excluding hydrogens is 144 g/mol. The Labute approximate surface area is 65.4 Å². The standard InChI is InChI=1S/C7H17O2Si/c1-5-7(2)6-10(8-3)9-4/h7H,5-6H2,1-4H3. The van der Waals surface area contributed by atoms with Crippen molar-refractivity contribution in [2.24, 2.45) is 5.92 Å².